The Morgan fingerprint density at radius 2 is 2.21 bits per heavy atom. The molecular weight excluding hydrogens is 256 g/mol. The quantitative estimate of drug-likeness (QED) is 0.902. The predicted octanol–water partition coefficient (Wildman–Crippen LogP) is 2.72. The second-order valence-electron chi connectivity index (χ2n) is 5.76. The summed E-state index contributed by atoms with van der Waals surface area (Å²) in [5.74, 6) is 0.248. The van der Waals surface area contributed by atoms with Crippen molar-refractivity contribution >= 4 is 17.2 Å². The van der Waals surface area contributed by atoms with E-state index in [1.54, 1.807) is 11.3 Å². The summed E-state index contributed by atoms with van der Waals surface area (Å²) in [6.07, 6.45) is 4.78. The van der Waals surface area contributed by atoms with Gasteiger partial charge in [0.25, 0.3) is 5.91 Å². The zero-order chi connectivity index (χ0) is 13.4. The molecule has 2 unspecified atom stereocenters. The van der Waals surface area contributed by atoms with Crippen LogP contribution in [0.15, 0.2) is 6.07 Å². The molecule has 0 aliphatic carbocycles. The number of nitrogens with one attached hydrogen (secondary N) is 1. The number of hydrogen-bond donors (Lipinski definition) is 1. The molecule has 0 spiro atoms. The van der Waals surface area contributed by atoms with Gasteiger partial charge in [-0.3, -0.25) is 4.79 Å². The average Bonchev–Trinajstić information content (AvgIpc) is 3.09. The Morgan fingerprint density at radius 1 is 1.37 bits per heavy atom. The van der Waals surface area contributed by atoms with Crippen LogP contribution in [0.2, 0.25) is 0 Å². The zero-order valence-corrected chi connectivity index (χ0v) is 12.6. The number of amides is 1. The number of hydrogen-bond acceptors (Lipinski definition) is 3. The summed E-state index contributed by atoms with van der Waals surface area (Å²) >= 11 is 1.64. The van der Waals surface area contributed by atoms with Crippen LogP contribution >= 0.6 is 11.3 Å². The maximum absolute atomic E-state index is 12.7. The van der Waals surface area contributed by atoms with Crippen LogP contribution in [-0.4, -0.2) is 36.0 Å². The lowest BCUT2D eigenvalue weighted by Crippen LogP contribution is -2.46. The van der Waals surface area contributed by atoms with Crippen LogP contribution in [-0.2, 0) is 0 Å². The third kappa shape index (κ3) is 2.43. The monoisotopic (exact) mass is 278 g/mol. The van der Waals surface area contributed by atoms with Crippen molar-refractivity contribution in [3.63, 3.8) is 0 Å². The highest BCUT2D eigenvalue weighted by Crippen LogP contribution is 2.29. The van der Waals surface area contributed by atoms with E-state index in [1.165, 1.54) is 23.3 Å². The average molecular weight is 278 g/mol. The van der Waals surface area contributed by atoms with Crippen molar-refractivity contribution in [2.45, 2.75) is 51.6 Å². The molecule has 1 aromatic heterocycles. The van der Waals surface area contributed by atoms with Crippen molar-refractivity contribution in [3.8, 4) is 0 Å². The maximum Gasteiger partial charge on any atom is 0.264 e. The highest BCUT2D eigenvalue weighted by molar-refractivity contribution is 7.14. The largest absolute Gasteiger partial charge is 0.333 e. The molecule has 3 heterocycles. The molecule has 2 aliphatic heterocycles. The van der Waals surface area contributed by atoms with Gasteiger partial charge >= 0.3 is 0 Å². The van der Waals surface area contributed by atoms with Crippen molar-refractivity contribution in [2.75, 3.05) is 13.1 Å². The molecule has 104 valence electrons. The van der Waals surface area contributed by atoms with Gasteiger partial charge in [-0.2, -0.15) is 0 Å². The van der Waals surface area contributed by atoms with Crippen LogP contribution in [0.25, 0.3) is 0 Å². The molecule has 0 aromatic carbocycles. The van der Waals surface area contributed by atoms with Gasteiger partial charge < -0.3 is 10.2 Å². The number of nitrogens with zero attached hydrogens (tertiary/aromatic N) is 1. The van der Waals surface area contributed by atoms with Crippen molar-refractivity contribution in [3.05, 3.63) is 21.4 Å². The van der Waals surface area contributed by atoms with Crippen LogP contribution in [0.4, 0.5) is 0 Å². The van der Waals surface area contributed by atoms with E-state index in [0.29, 0.717) is 12.1 Å². The van der Waals surface area contributed by atoms with Gasteiger partial charge in [0.15, 0.2) is 0 Å². The van der Waals surface area contributed by atoms with Crippen molar-refractivity contribution < 1.29 is 4.79 Å². The SMILES string of the molecule is Cc1cc(C(=O)N2CCCC2C2CCCN2)sc1C. The first-order chi connectivity index (χ1) is 9.16. The fraction of sp³-hybridized carbons (Fsp3) is 0.667. The Labute approximate surface area is 119 Å². The smallest absolute Gasteiger partial charge is 0.264 e. The number of carbonyl (C=O) groups excluding carboxylic acids is 1. The Kier molecular flexibility index (Phi) is 3.63. The fourth-order valence-electron chi connectivity index (χ4n) is 3.32. The first-order valence-electron chi connectivity index (χ1n) is 7.28. The zero-order valence-electron chi connectivity index (χ0n) is 11.7. The van der Waals surface area contributed by atoms with Crippen molar-refractivity contribution in [1.29, 1.82) is 0 Å². The first-order valence-corrected chi connectivity index (χ1v) is 8.10. The van der Waals surface area contributed by atoms with Crippen LogP contribution in [0, 0.1) is 13.8 Å². The van der Waals surface area contributed by atoms with Gasteiger partial charge in [0.2, 0.25) is 0 Å². The summed E-state index contributed by atoms with van der Waals surface area (Å²) in [7, 11) is 0. The molecule has 1 amide bonds. The molecule has 2 atom stereocenters. The molecule has 3 nitrogen and oxygen atoms in total. The van der Waals surface area contributed by atoms with E-state index in [0.717, 1.165) is 30.8 Å². The molecule has 0 radical (unpaired) electrons. The third-order valence-corrected chi connectivity index (χ3v) is 5.64. The number of likely N-dealkylation sites (tertiary alicyclic amines) is 1. The summed E-state index contributed by atoms with van der Waals surface area (Å²) in [6.45, 7) is 6.22. The van der Waals surface area contributed by atoms with Gasteiger partial charge in [0.1, 0.15) is 0 Å². The Balaban J connectivity index is 1.78. The standard InChI is InChI=1S/C15H22N2OS/c1-10-9-14(19-11(10)2)15(18)17-8-4-6-13(17)12-5-3-7-16-12/h9,12-13,16H,3-8H2,1-2H3. The first kappa shape index (κ1) is 13.1. The molecule has 2 fully saturated rings. The summed E-state index contributed by atoms with van der Waals surface area (Å²) < 4.78 is 0. The van der Waals surface area contributed by atoms with Gasteiger partial charge in [-0.1, -0.05) is 0 Å². The minimum atomic E-state index is 0.248. The number of carbonyl (C=O) groups is 1. The van der Waals surface area contributed by atoms with Crippen LogP contribution in [0.3, 0.4) is 0 Å². The summed E-state index contributed by atoms with van der Waals surface area (Å²) in [6, 6.07) is 2.99. The summed E-state index contributed by atoms with van der Waals surface area (Å²) in [5.41, 5.74) is 1.24. The molecule has 3 rings (SSSR count). The van der Waals surface area contributed by atoms with Crippen molar-refractivity contribution in [2.24, 2.45) is 0 Å². The molecule has 19 heavy (non-hydrogen) atoms. The Morgan fingerprint density at radius 3 is 2.84 bits per heavy atom. The van der Waals surface area contributed by atoms with E-state index in [4.69, 9.17) is 0 Å². The molecule has 0 saturated carbocycles. The second-order valence-corrected chi connectivity index (χ2v) is 7.02. The van der Waals surface area contributed by atoms with Gasteiger partial charge in [-0.05, 0) is 57.7 Å². The number of thiophene rings is 1. The molecule has 1 aromatic rings. The number of rotatable bonds is 2. The third-order valence-electron chi connectivity index (χ3n) is 4.50. The van der Waals surface area contributed by atoms with Crippen molar-refractivity contribution in [1.82, 2.24) is 10.2 Å². The van der Waals surface area contributed by atoms with Gasteiger partial charge in [-0.15, -0.1) is 11.3 Å². The minimum Gasteiger partial charge on any atom is -0.333 e. The minimum absolute atomic E-state index is 0.248. The topological polar surface area (TPSA) is 32.3 Å². The lowest BCUT2D eigenvalue weighted by molar-refractivity contribution is 0.0716. The second kappa shape index (κ2) is 5.25. The van der Waals surface area contributed by atoms with Gasteiger partial charge in [-0.25, -0.2) is 0 Å². The highest BCUT2D eigenvalue weighted by Gasteiger charge is 2.36. The summed E-state index contributed by atoms with van der Waals surface area (Å²) in [5, 5.41) is 3.56. The van der Waals surface area contributed by atoms with E-state index in [1.807, 2.05) is 0 Å². The fourth-order valence-corrected chi connectivity index (χ4v) is 4.31. The summed E-state index contributed by atoms with van der Waals surface area (Å²) in [4.78, 5) is 17.0. The molecule has 2 saturated heterocycles. The molecule has 2 aliphatic rings. The number of aryl methyl sites for hydroxylation is 2. The molecule has 0 bridgehead atoms. The maximum atomic E-state index is 12.7. The Bertz CT molecular complexity index is 457. The van der Waals surface area contributed by atoms with E-state index in [9.17, 15) is 4.79 Å². The molecular formula is C15H22N2OS. The predicted molar refractivity (Wildman–Crippen MR) is 78.9 cm³/mol. The molecule has 4 heteroatoms. The normalized spacial score (nSPS) is 27.2. The Hall–Kier alpha value is -0.870. The van der Waals surface area contributed by atoms with Crippen LogP contribution in [0.1, 0.15) is 45.8 Å². The van der Waals surface area contributed by atoms with E-state index in [2.05, 4.69) is 30.1 Å². The van der Waals surface area contributed by atoms with Crippen LogP contribution in [0.5, 0.6) is 0 Å². The van der Waals surface area contributed by atoms with Gasteiger partial charge in [0.05, 0.1) is 4.88 Å². The lowest BCUT2D eigenvalue weighted by Gasteiger charge is -2.29. The highest BCUT2D eigenvalue weighted by atomic mass is 32.1. The van der Waals surface area contributed by atoms with E-state index >= 15 is 0 Å². The van der Waals surface area contributed by atoms with E-state index in [-0.39, 0.29) is 5.91 Å². The van der Waals surface area contributed by atoms with E-state index < -0.39 is 0 Å². The van der Waals surface area contributed by atoms with Crippen LogP contribution < -0.4 is 5.32 Å². The lowest BCUT2D eigenvalue weighted by atomic mass is 10.0. The van der Waals surface area contributed by atoms with Gasteiger partial charge in [0, 0.05) is 23.5 Å². The molecule has 1 N–H and O–H groups in total.